The van der Waals surface area contributed by atoms with Crippen LogP contribution in [0.4, 0.5) is 0 Å². The molecule has 2 heterocycles. The van der Waals surface area contributed by atoms with Crippen molar-refractivity contribution in [3.8, 4) is 11.5 Å². The van der Waals surface area contributed by atoms with Crippen molar-refractivity contribution in [2.75, 3.05) is 14.2 Å². The summed E-state index contributed by atoms with van der Waals surface area (Å²) in [4.78, 5) is 21.5. The third-order valence-corrected chi connectivity index (χ3v) is 4.57. The lowest BCUT2D eigenvalue weighted by Crippen LogP contribution is -2.21. The highest BCUT2D eigenvalue weighted by atomic mass is 16.5. The van der Waals surface area contributed by atoms with Gasteiger partial charge in [-0.05, 0) is 37.0 Å². The molecular formula is C18H18N4O3. The summed E-state index contributed by atoms with van der Waals surface area (Å²) in [6.07, 6.45) is 2.85. The Morgan fingerprint density at radius 3 is 2.68 bits per heavy atom. The van der Waals surface area contributed by atoms with E-state index >= 15 is 0 Å². The number of fused-ring (bicyclic) bond motifs is 2. The Morgan fingerprint density at radius 2 is 1.92 bits per heavy atom. The summed E-state index contributed by atoms with van der Waals surface area (Å²) in [5.41, 5.74) is 2.45. The molecule has 1 atom stereocenters. The molecule has 0 saturated carbocycles. The van der Waals surface area contributed by atoms with Gasteiger partial charge in [-0.2, -0.15) is 10.1 Å². The largest absolute Gasteiger partial charge is 0.493 e. The van der Waals surface area contributed by atoms with Crippen molar-refractivity contribution in [3.63, 3.8) is 0 Å². The molecule has 0 N–H and O–H groups in total. The summed E-state index contributed by atoms with van der Waals surface area (Å²) < 4.78 is 12.2. The van der Waals surface area contributed by atoms with Gasteiger partial charge in [0.05, 0.1) is 25.5 Å². The Bertz CT molecular complexity index is 980. The first-order valence-electron chi connectivity index (χ1n) is 8.07. The van der Waals surface area contributed by atoms with Crippen LogP contribution in [0.15, 0.2) is 24.4 Å². The normalized spacial score (nSPS) is 16.8. The molecular weight excluding hydrogens is 320 g/mol. The molecule has 0 bridgehead atoms. The van der Waals surface area contributed by atoms with Crippen LogP contribution in [0.5, 0.6) is 11.5 Å². The van der Waals surface area contributed by atoms with Gasteiger partial charge in [-0.25, -0.2) is 9.50 Å². The second-order valence-corrected chi connectivity index (χ2v) is 6.15. The summed E-state index contributed by atoms with van der Waals surface area (Å²) in [7, 11) is 3.21. The van der Waals surface area contributed by atoms with Crippen LogP contribution in [0.2, 0.25) is 0 Å². The molecule has 1 aliphatic rings. The fourth-order valence-corrected chi connectivity index (χ4v) is 3.33. The summed E-state index contributed by atoms with van der Waals surface area (Å²) in [5, 5.41) is 4.24. The van der Waals surface area contributed by atoms with Gasteiger partial charge < -0.3 is 9.47 Å². The molecule has 1 aromatic carbocycles. The highest BCUT2D eigenvalue weighted by molar-refractivity contribution is 5.98. The van der Waals surface area contributed by atoms with E-state index in [4.69, 9.17) is 9.47 Å². The molecule has 0 saturated heterocycles. The molecule has 0 aliphatic heterocycles. The lowest BCUT2D eigenvalue weighted by atomic mass is 9.82. The van der Waals surface area contributed by atoms with Crippen molar-refractivity contribution in [2.24, 2.45) is 0 Å². The zero-order chi connectivity index (χ0) is 17.6. The number of hydrogen-bond acceptors (Lipinski definition) is 6. The third kappa shape index (κ3) is 2.61. The number of ether oxygens (including phenoxy) is 2. The van der Waals surface area contributed by atoms with Gasteiger partial charge in [-0.3, -0.25) is 4.79 Å². The lowest BCUT2D eigenvalue weighted by molar-refractivity contribution is 0.0962. The van der Waals surface area contributed by atoms with E-state index in [2.05, 4.69) is 15.1 Å². The van der Waals surface area contributed by atoms with Crippen molar-refractivity contribution in [1.29, 1.82) is 0 Å². The number of hydrogen-bond donors (Lipinski definition) is 0. The van der Waals surface area contributed by atoms with Crippen LogP contribution in [0.1, 0.15) is 39.8 Å². The van der Waals surface area contributed by atoms with Crippen LogP contribution in [0, 0.1) is 6.92 Å². The van der Waals surface area contributed by atoms with Crippen LogP contribution >= 0.6 is 0 Å². The zero-order valence-electron chi connectivity index (χ0n) is 14.3. The molecule has 2 aromatic heterocycles. The van der Waals surface area contributed by atoms with E-state index in [1.54, 1.807) is 24.9 Å². The average Bonchev–Trinajstić information content (AvgIpc) is 2.98. The number of carbonyl (C=O) groups is 1. The Hall–Kier alpha value is -2.96. The van der Waals surface area contributed by atoms with E-state index in [0.717, 1.165) is 11.3 Å². The molecule has 0 fully saturated rings. The van der Waals surface area contributed by atoms with E-state index < -0.39 is 0 Å². The molecule has 1 aliphatic carbocycles. The second kappa shape index (κ2) is 5.84. The predicted molar refractivity (Wildman–Crippen MR) is 90.5 cm³/mol. The number of carbonyl (C=O) groups excluding carboxylic acids is 1. The first-order valence-corrected chi connectivity index (χ1v) is 8.07. The molecule has 0 unspecified atom stereocenters. The number of Topliss-reactive ketones (excluding diaryl/α,β-unsaturated/α-hetero) is 1. The van der Waals surface area contributed by atoms with Crippen LogP contribution < -0.4 is 9.47 Å². The summed E-state index contributed by atoms with van der Waals surface area (Å²) in [6, 6.07) is 5.78. The first kappa shape index (κ1) is 15.6. The molecule has 128 valence electrons. The SMILES string of the molecule is COc1ccc([C@H]2CC(=O)c3cn4nc(C)nc4nc3C2)cc1OC. The van der Waals surface area contributed by atoms with E-state index in [1.165, 1.54) is 0 Å². The van der Waals surface area contributed by atoms with Crippen molar-refractivity contribution >= 4 is 11.6 Å². The number of rotatable bonds is 3. The topological polar surface area (TPSA) is 78.6 Å². The molecule has 4 rings (SSSR count). The summed E-state index contributed by atoms with van der Waals surface area (Å²) in [6.45, 7) is 1.81. The minimum absolute atomic E-state index is 0.0544. The van der Waals surface area contributed by atoms with Crippen LogP contribution in [0.3, 0.4) is 0 Å². The predicted octanol–water partition coefficient (Wildman–Crippen LogP) is 2.36. The average molecular weight is 338 g/mol. The highest BCUT2D eigenvalue weighted by Gasteiger charge is 2.29. The number of aryl methyl sites for hydroxylation is 1. The molecule has 7 nitrogen and oxygen atoms in total. The monoisotopic (exact) mass is 338 g/mol. The zero-order valence-corrected chi connectivity index (χ0v) is 14.3. The Labute approximate surface area is 144 Å². The van der Waals surface area contributed by atoms with Crippen molar-refractivity contribution in [3.05, 3.63) is 47.0 Å². The van der Waals surface area contributed by atoms with Crippen molar-refractivity contribution in [1.82, 2.24) is 19.6 Å². The Morgan fingerprint density at radius 1 is 1.12 bits per heavy atom. The number of ketones is 1. The minimum atomic E-state index is 0.0544. The number of benzene rings is 1. The van der Waals surface area contributed by atoms with E-state index in [1.807, 2.05) is 25.1 Å². The number of methoxy groups -OCH3 is 2. The van der Waals surface area contributed by atoms with Crippen molar-refractivity contribution in [2.45, 2.75) is 25.7 Å². The van der Waals surface area contributed by atoms with Gasteiger partial charge >= 0.3 is 0 Å². The first-order chi connectivity index (χ1) is 12.1. The van der Waals surface area contributed by atoms with Gasteiger partial charge in [0.15, 0.2) is 17.3 Å². The van der Waals surface area contributed by atoms with E-state index in [9.17, 15) is 4.79 Å². The molecule has 0 radical (unpaired) electrons. The highest BCUT2D eigenvalue weighted by Crippen LogP contribution is 2.36. The van der Waals surface area contributed by atoms with Gasteiger partial charge in [0.2, 0.25) is 0 Å². The van der Waals surface area contributed by atoms with Gasteiger partial charge in [-0.1, -0.05) is 6.07 Å². The number of nitrogens with zero attached hydrogens (tertiary/aromatic N) is 4. The third-order valence-electron chi connectivity index (χ3n) is 4.57. The van der Waals surface area contributed by atoms with E-state index in [0.29, 0.717) is 41.5 Å². The maximum atomic E-state index is 12.6. The lowest BCUT2D eigenvalue weighted by Gasteiger charge is -2.23. The van der Waals surface area contributed by atoms with Gasteiger partial charge in [0.1, 0.15) is 5.82 Å². The van der Waals surface area contributed by atoms with Crippen LogP contribution in [-0.4, -0.2) is 39.6 Å². The maximum absolute atomic E-state index is 12.6. The number of aromatic nitrogens is 4. The Kier molecular flexibility index (Phi) is 3.63. The fraction of sp³-hybridized carbons (Fsp3) is 0.333. The Balaban J connectivity index is 1.73. The van der Waals surface area contributed by atoms with E-state index in [-0.39, 0.29) is 11.7 Å². The fourth-order valence-electron chi connectivity index (χ4n) is 3.33. The maximum Gasteiger partial charge on any atom is 0.252 e. The van der Waals surface area contributed by atoms with Crippen LogP contribution in [0.25, 0.3) is 5.78 Å². The standard InChI is InChI=1S/C18H18N4O3/c1-10-19-18-20-14-6-12(7-15(23)13(14)9-22(18)21-10)11-4-5-16(24-2)17(8-11)25-3/h4-5,8-9,12H,6-7H2,1-3H3/t12-/m1/s1. The minimum Gasteiger partial charge on any atom is -0.493 e. The molecule has 0 spiro atoms. The smallest absolute Gasteiger partial charge is 0.252 e. The molecule has 0 amide bonds. The second-order valence-electron chi connectivity index (χ2n) is 6.15. The van der Waals surface area contributed by atoms with Gasteiger partial charge in [0.25, 0.3) is 5.78 Å². The summed E-state index contributed by atoms with van der Waals surface area (Å²) in [5.74, 6) is 2.63. The van der Waals surface area contributed by atoms with Gasteiger partial charge in [0, 0.05) is 12.6 Å². The molecule has 25 heavy (non-hydrogen) atoms. The summed E-state index contributed by atoms with van der Waals surface area (Å²) >= 11 is 0. The van der Waals surface area contributed by atoms with Gasteiger partial charge in [-0.15, -0.1) is 0 Å². The molecule has 3 aromatic rings. The van der Waals surface area contributed by atoms with Crippen LogP contribution in [-0.2, 0) is 6.42 Å². The quantitative estimate of drug-likeness (QED) is 0.729. The molecule has 7 heteroatoms. The van der Waals surface area contributed by atoms with Crippen molar-refractivity contribution < 1.29 is 14.3 Å².